The molecule has 0 radical (unpaired) electrons. The Morgan fingerprint density at radius 3 is 2.67 bits per heavy atom. The lowest BCUT2D eigenvalue weighted by molar-refractivity contribution is 0.100. The highest BCUT2D eigenvalue weighted by Gasteiger charge is 2.39. The summed E-state index contributed by atoms with van der Waals surface area (Å²) in [7, 11) is 0. The third kappa shape index (κ3) is 2.01. The van der Waals surface area contributed by atoms with E-state index in [-0.39, 0.29) is 28.3 Å². The molecule has 1 fully saturated rings. The fraction of sp³-hybridized carbons (Fsp3) is 0.462. The highest BCUT2D eigenvalue weighted by Crippen LogP contribution is 2.42. The van der Waals surface area contributed by atoms with Gasteiger partial charge in [-0.2, -0.15) is 0 Å². The number of carbonyl (C=O) groups is 1. The summed E-state index contributed by atoms with van der Waals surface area (Å²) >= 11 is 0. The summed E-state index contributed by atoms with van der Waals surface area (Å²) in [6, 6.07) is 5.80. The number of rotatable bonds is 1. The number of hydrogen-bond donors (Lipinski definition) is 3. The summed E-state index contributed by atoms with van der Waals surface area (Å²) in [5.41, 5.74) is 8.58. The van der Waals surface area contributed by atoms with Crippen molar-refractivity contribution in [3.8, 4) is 0 Å². The first kappa shape index (κ1) is 13.4. The van der Waals surface area contributed by atoms with Crippen molar-refractivity contribution in [1.82, 2.24) is 5.32 Å². The van der Waals surface area contributed by atoms with Gasteiger partial charge in [0.25, 0.3) is 0 Å². The van der Waals surface area contributed by atoms with E-state index in [0.717, 1.165) is 38.2 Å². The maximum absolute atomic E-state index is 11.2. The van der Waals surface area contributed by atoms with Crippen molar-refractivity contribution in [2.45, 2.75) is 18.3 Å². The third-order valence-corrected chi connectivity index (χ3v) is 4.05. The van der Waals surface area contributed by atoms with Gasteiger partial charge in [0.2, 0.25) is 5.91 Å². The van der Waals surface area contributed by atoms with E-state index < -0.39 is 0 Å². The van der Waals surface area contributed by atoms with Gasteiger partial charge >= 0.3 is 0 Å². The first-order valence-corrected chi connectivity index (χ1v) is 6.10. The number of primary amides is 1. The Bertz CT molecular complexity index is 469. The lowest BCUT2D eigenvalue weighted by Gasteiger charge is -2.33. The minimum absolute atomic E-state index is 0. The Kier molecular flexibility index (Phi) is 3.64. The predicted octanol–water partition coefficient (Wildman–Crippen LogP) is 1.41. The number of fused-ring (bicyclic) bond motifs is 2. The maximum atomic E-state index is 11.2. The van der Waals surface area contributed by atoms with Gasteiger partial charge in [-0.1, -0.05) is 6.07 Å². The molecular formula is C13H18BrN3O. The number of benzene rings is 1. The molecule has 4 N–H and O–H groups in total. The standard InChI is InChI=1S/C13H17N3O.BrH/c14-12(17)9-1-2-10-11(7-9)16-8-13(10)3-5-15-6-4-13;/h1-2,7,15-16H,3-6,8H2,(H2,14,17);1H. The number of nitrogens with two attached hydrogens (primary N) is 1. The molecule has 0 aromatic heterocycles. The first-order valence-electron chi connectivity index (χ1n) is 6.10. The van der Waals surface area contributed by atoms with Crippen LogP contribution in [0.5, 0.6) is 0 Å². The highest BCUT2D eigenvalue weighted by molar-refractivity contribution is 8.93. The Hall–Kier alpha value is -1.07. The third-order valence-electron chi connectivity index (χ3n) is 4.05. The predicted molar refractivity (Wildman–Crippen MR) is 77.6 cm³/mol. The molecule has 0 atom stereocenters. The van der Waals surface area contributed by atoms with Crippen LogP contribution < -0.4 is 16.4 Å². The lowest BCUT2D eigenvalue weighted by atomic mass is 9.74. The number of nitrogens with one attached hydrogen (secondary N) is 2. The molecule has 2 heterocycles. The van der Waals surface area contributed by atoms with Gasteiger partial charge in [0.1, 0.15) is 0 Å². The molecule has 2 aliphatic heterocycles. The molecule has 1 saturated heterocycles. The van der Waals surface area contributed by atoms with Gasteiger partial charge in [-0.3, -0.25) is 4.79 Å². The quantitative estimate of drug-likeness (QED) is 0.734. The van der Waals surface area contributed by atoms with Crippen LogP contribution in [0.1, 0.15) is 28.8 Å². The molecule has 0 bridgehead atoms. The van der Waals surface area contributed by atoms with Crippen molar-refractivity contribution in [3.05, 3.63) is 29.3 Å². The zero-order chi connectivity index (χ0) is 11.9. The summed E-state index contributed by atoms with van der Waals surface area (Å²) < 4.78 is 0. The zero-order valence-corrected chi connectivity index (χ0v) is 11.9. The molecular weight excluding hydrogens is 294 g/mol. The van der Waals surface area contributed by atoms with E-state index in [4.69, 9.17) is 5.73 Å². The number of anilines is 1. The summed E-state index contributed by atoms with van der Waals surface area (Å²) in [5, 5.41) is 6.81. The average Bonchev–Trinajstić information content (AvgIpc) is 2.69. The monoisotopic (exact) mass is 311 g/mol. The molecule has 18 heavy (non-hydrogen) atoms. The molecule has 3 rings (SSSR count). The Morgan fingerprint density at radius 1 is 1.28 bits per heavy atom. The second kappa shape index (κ2) is 4.90. The minimum atomic E-state index is -0.360. The van der Waals surface area contributed by atoms with Gasteiger partial charge in [0.05, 0.1) is 0 Å². The molecule has 4 nitrogen and oxygen atoms in total. The number of halogens is 1. The van der Waals surface area contributed by atoms with Gasteiger partial charge < -0.3 is 16.4 Å². The molecule has 98 valence electrons. The van der Waals surface area contributed by atoms with Crippen LogP contribution in [0.4, 0.5) is 5.69 Å². The van der Waals surface area contributed by atoms with Crippen molar-refractivity contribution in [1.29, 1.82) is 0 Å². The Labute approximate surface area is 117 Å². The zero-order valence-electron chi connectivity index (χ0n) is 10.2. The number of hydrogen-bond acceptors (Lipinski definition) is 3. The van der Waals surface area contributed by atoms with E-state index in [1.807, 2.05) is 12.1 Å². The topological polar surface area (TPSA) is 67.2 Å². The summed E-state index contributed by atoms with van der Waals surface area (Å²) in [5.74, 6) is -0.360. The van der Waals surface area contributed by atoms with Gasteiger partial charge in [0, 0.05) is 23.2 Å². The highest BCUT2D eigenvalue weighted by atomic mass is 79.9. The van der Waals surface area contributed by atoms with Crippen molar-refractivity contribution >= 4 is 28.6 Å². The normalized spacial score (nSPS) is 19.8. The summed E-state index contributed by atoms with van der Waals surface area (Å²) in [6.07, 6.45) is 2.31. The smallest absolute Gasteiger partial charge is 0.248 e. The molecule has 2 aliphatic rings. The number of carbonyl (C=O) groups excluding carboxylic acids is 1. The van der Waals surface area contributed by atoms with Gasteiger partial charge in [0.15, 0.2) is 0 Å². The van der Waals surface area contributed by atoms with E-state index in [1.165, 1.54) is 5.56 Å². The van der Waals surface area contributed by atoms with Crippen LogP contribution in [0.3, 0.4) is 0 Å². The summed E-state index contributed by atoms with van der Waals surface area (Å²) in [4.78, 5) is 11.2. The molecule has 0 unspecified atom stereocenters. The van der Waals surface area contributed by atoms with Gasteiger partial charge in [-0.15, -0.1) is 17.0 Å². The number of piperidine rings is 1. The van der Waals surface area contributed by atoms with Crippen molar-refractivity contribution < 1.29 is 4.79 Å². The van der Waals surface area contributed by atoms with Crippen LogP contribution in [0, 0.1) is 0 Å². The van der Waals surface area contributed by atoms with Crippen LogP contribution in [-0.2, 0) is 5.41 Å². The van der Waals surface area contributed by atoms with E-state index >= 15 is 0 Å². The van der Waals surface area contributed by atoms with Crippen LogP contribution in [0.15, 0.2) is 18.2 Å². The lowest BCUT2D eigenvalue weighted by Crippen LogP contribution is -2.41. The molecule has 0 saturated carbocycles. The van der Waals surface area contributed by atoms with Crippen molar-refractivity contribution in [2.24, 2.45) is 5.73 Å². The van der Waals surface area contributed by atoms with E-state index in [0.29, 0.717) is 5.56 Å². The second-order valence-electron chi connectivity index (χ2n) is 5.01. The van der Waals surface area contributed by atoms with Crippen LogP contribution in [0.2, 0.25) is 0 Å². The maximum Gasteiger partial charge on any atom is 0.248 e. The Balaban J connectivity index is 0.00000120. The van der Waals surface area contributed by atoms with Gasteiger partial charge in [-0.05, 0) is 43.6 Å². The molecule has 1 aromatic carbocycles. The van der Waals surface area contributed by atoms with Crippen LogP contribution in [-0.4, -0.2) is 25.5 Å². The van der Waals surface area contributed by atoms with Crippen LogP contribution in [0.25, 0.3) is 0 Å². The SMILES string of the molecule is Br.NC(=O)c1ccc2c(c1)NCC21CCNCC1. The molecule has 0 aliphatic carbocycles. The fourth-order valence-corrected chi connectivity index (χ4v) is 3.02. The van der Waals surface area contributed by atoms with Crippen molar-refractivity contribution in [3.63, 3.8) is 0 Å². The van der Waals surface area contributed by atoms with Crippen LogP contribution >= 0.6 is 17.0 Å². The second-order valence-corrected chi connectivity index (χ2v) is 5.01. The average molecular weight is 312 g/mol. The number of amides is 1. The molecule has 1 aromatic rings. The van der Waals surface area contributed by atoms with Gasteiger partial charge in [-0.25, -0.2) is 0 Å². The summed E-state index contributed by atoms with van der Waals surface area (Å²) in [6.45, 7) is 3.11. The largest absolute Gasteiger partial charge is 0.384 e. The minimum Gasteiger partial charge on any atom is -0.384 e. The first-order chi connectivity index (χ1) is 8.21. The van der Waals surface area contributed by atoms with E-state index in [2.05, 4.69) is 16.7 Å². The Morgan fingerprint density at radius 2 is 2.00 bits per heavy atom. The van der Waals surface area contributed by atoms with Crippen molar-refractivity contribution in [2.75, 3.05) is 25.0 Å². The van der Waals surface area contributed by atoms with E-state index in [1.54, 1.807) is 0 Å². The fourth-order valence-electron chi connectivity index (χ4n) is 3.02. The molecule has 1 amide bonds. The molecule has 1 spiro atoms. The molecule has 5 heteroatoms. The van der Waals surface area contributed by atoms with E-state index in [9.17, 15) is 4.79 Å².